The number of nitrogen functional groups attached to an aromatic ring is 1. The fraction of sp³-hybridized carbons (Fsp3) is 0.333. The Bertz CT molecular complexity index is 325. The van der Waals surface area contributed by atoms with E-state index in [4.69, 9.17) is 19.9 Å². The van der Waals surface area contributed by atoms with Crippen molar-refractivity contribution in [1.82, 2.24) is 0 Å². The lowest BCUT2D eigenvalue weighted by atomic mass is 10.2. The molecule has 0 bridgehead atoms. The Morgan fingerprint density at radius 3 is 3.08 bits per heavy atom. The Hall–Kier alpha value is -1.58. The van der Waals surface area contributed by atoms with Crippen LogP contribution in [0.1, 0.15) is 6.92 Å². The van der Waals surface area contributed by atoms with Crippen molar-refractivity contribution in [2.45, 2.75) is 6.92 Å². The summed E-state index contributed by atoms with van der Waals surface area (Å²) in [5.74, 6) is 1.89. The van der Waals surface area contributed by atoms with Crippen LogP contribution in [0.2, 0.25) is 0 Å². The molecule has 70 valence electrons. The number of hydrogen-bond donors (Lipinski definition) is 1. The molecule has 1 aliphatic rings. The van der Waals surface area contributed by atoms with Crippen LogP contribution in [0.25, 0.3) is 0 Å². The Labute approximate surface area is 76.2 Å². The van der Waals surface area contributed by atoms with E-state index in [0.717, 1.165) is 0 Å². The Balaban J connectivity index is 2.45. The molecule has 0 aromatic heterocycles. The van der Waals surface area contributed by atoms with Crippen molar-refractivity contribution in [3.63, 3.8) is 0 Å². The van der Waals surface area contributed by atoms with Crippen LogP contribution in [0.15, 0.2) is 12.1 Å². The summed E-state index contributed by atoms with van der Waals surface area (Å²) in [4.78, 5) is 0. The molecule has 13 heavy (non-hydrogen) atoms. The molecule has 0 saturated heterocycles. The highest BCUT2D eigenvalue weighted by molar-refractivity contribution is 5.66. The van der Waals surface area contributed by atoms with Crippen LogP contribution in [-0.2, 0) is 0 Å². The molecule has 1 aromatic carbocycles. The van der Waals surface area contributed by atoms with Gasteiger partial charge in [0.05, 0.1) is 12.3 Å². The third-order valence-electron chi connectivity index (χ3n) is 1.81. The molecular weight excluding hydrogens is 170 g/mol. The lowest BCUT2D eigenvalue weighted by molar-refractivity contribution is 0.170. The third kappa shape index (κ3) is 1.24. The maximum Gasteiger partial charge on any atom is 0.231 e. The molecule has 0 unspecified atom stereocenters. The van der Waals surface area contributed by atoms with Crippen LogP contribution in [0.3, 0.4) is 0 Å². The normalized spacial score (nSPS) is 13.0. The largest absolute Gasteiger partial charge is 0.488 e. The van der Waals surface area contributed by atoms with Gasteiger partial charge in [-0.1, -0.05) is 0 Å². The highest BCUT2D eigenvalue weighted by Gasteiger charge is 2.20. The van der Waals surface area contributed by atoms with E-state index in [9.17, 15) is 0 Å². The van der Waals surface area contributed by atoms with E-state index in [1.54, 1.807) is 12.1 Å². The lowest BCUT2D eigenvalue weighted by Gasteiger charge is -2.08. The van der Waals surface area contributed by atoms with E-state index in [1.165, 1.54) is 0 Å². The van der Waals surface area contributed by atoms with E-state index >= 15 is 0 Å². The maximum atomic E-state index is 5.72. The van der Waals surface area contributed by atoms with Crippen molar-refractivity contribution >= 4 is 5.69 Å². The van der Waals surface area contributed by atoms with Gasteiger partial charge in [-0.3, -0.25) is 0 Å². The fourth-order valence-corrected chi connectivity index (χ4v) is 1.26. The van der Waals surface area contributed by atoms with Gasteiger partial charge in [-0.05, 0) is 19.1 Å². The molecule has 0 aliphatic carbocycles. The summed E-state index contributed by atoms with van der Waals surface area (Å²) in [7, 11) is 0. The molecule has 4 heteroatoms. The van der Waals surface area contributed by atoms with Crippen molar-refractivity contribution in [3.05, 3.63) is 12.1 Å². The van der Waals surface area contributed by atoms with Crippen LogP contribution < -0.4 is 19.9 Å². The molecule has 2 rings (SSSR count). The highest BCUT2D eigenvalue weighted by atomic mass is 16.7. The van der Waals surface area contributed by atoms with Gasteiger partial charge in [-0.25, -0.2) is 0 Å². The van der Waals surface area contributed by atoms with Crippen LogP contribution in [-0.4, -0.2) is 13.4 Å². The monoisotopic (exact) mass is 181 g/mol. The number of nitrogens with two attached hydrogens (primary N) is 1. The van der Waals surface area contributed by atoms with Gasteiger partial charge in [0.2, 0.25) is 12.5 Å². The molecule has 0 amide bonds. The standard InChI is InChI=1S/C9H11NO3/c1-2-11-8-6(10)3-4-7-9(8)13-5-12-7/h3-4H,2,5,10H2,1H3. The lowest BCUT2D eigenvalue weighted by Crippen LogP contribution is -1.98. The van der Waals surface area contributed by atoms with Crippen molar-refractivity contribution in [3.8, 4) is 17.2 Å². The number of rotatable bonds is 2. The quantitative estimate of drug-likeness (QED) is 0.700. The second kappa shape index (κ2) is 3.05. The fourth-order valence-electron chi connectivity index (χ4n) is 1.26. The summed E-state index contributed by atoms with van der Waals surface area (Å²) in [6, 6.07) is 3.53. The van der Waals surface area contributed by atoms with E-state index in [0.29, 0.717) is 29.5 Å². The van der Waals surface area contributed by atoms with E-state index in [2.05, 4.69) is 0 Å². The number of fused-ring (bicyclic) bond motifs is 1. The topological polar surface area (TPSA) is 53.7 Å². The third-order valence-corrected chi connectivity index (χ3v) is 1.81. The van der Waals surface area contributed by atoms with Gasteiger partial charge in [0, 0.05) is 0 Å². The number of hydrogen-bond acceptors (Lipinski definition) is 4. The van der Waals surface area contributed by atoms with Crippen molar-refractivity contribution in [1.29, 1.82) is 0 Å². The molecule has 1 heterocycles. The minimum absolute atomic E-state index is 0.235. The first-order chi connectivity index (χ1) is 6.33. The Morgan fingerprint density at radius 2 is 2.31 bits per heavy atom. The van der Waals surface area contributed by atoms with Gasteiger partial charge in [-0.2, -0.15) is 0 Å². The smallest absolute Gasteiger partial charge is 0.231 e. The average molecular weight is 181 g/mol. The summed E-state index contributed by atoms with van der Waals surface area (Å²) >= 11 is 0. The second-order valence-electron chi connectivity index (χ2n) is 2.65. The summed E-state index contributed by atoms with van der Waals surface area (Å²) in [5, 5.41) is 0. The molecule has 2 N–H and O–H groups in total. The molecule has 0 atom stereocenters. The van der Waals surface area contributed by atoms with Gasteiger partial charge in [0.1, 0.15) is 0 Å². The average Bonchev–Trinajstić information content (AvgIpc) is 2.58. The van der Waals surface area contributed by atoms with Crippen LogP contribution >= 0.6 is 0 Å². The van der Waals surface area contributed by atoms with Gasteiger partial charge < -0.3 is 19.9 Å². The molecule has 1 aromatic rings. The van der Waals surface area contributed by atoms with Crippen molar-refractivity contribution in [2.75, 3.05) is 19.1 Å². The Morgan fingerprint density at radius 1 is 1.46 bits per heavy atom. The SMILES string of the molecule is CCOc1c(N)ccc2c1OCO2. The summed E-state index contributed by atoms with van der Waals surface area (Å²) in [6.45, 7) is 2.69. The first kappa shape index (κ1) is 8.04. The van der Waals surface area contributed by atoms with Crippen molar-refractivity contribution < 1.29 is 14.2 Å². The molecular formula is C9H11NO3. The predicted molar refractivity (Wildman–Crippen MR) is 48.1 cm³/mol. The highest BCUT2D eigenvalue weighted by Crippen LogP contribution is 2.44. The summed E-state index contributed by atoms with van der Waals surface area (Å²) < 4.78 is 15.8. The molecule has 0 saturated carbocycles. The summed E-state index contributed by atoms with van der Waals surface area (Å²) in [5.41, 5.74) is 6.29. The minimum Gasteiger partial charge on any atom is -0.488 e. The molecule has 4 nitrogen and oxygen atoms in total. The van der Waals surface area contributed by atoms with Gasteiger partial charge in [-0.15, -0.1) is 0 Å². The molecule has 1 aliphatic heterocycles. The first-order valence-corrected chi connectivity index (χ1v) is 4.13. The van der Waals surface area contributed by atoms with Crippen LogP contribution in [0.4, 0.5) is 5.69 Å². The minimum atomic E-state index is 0.235. The van der Waals surface area contributed by atoms with Gasteiger partial charge >= 0.3 is 0 Å². The number of benzene rings is 1. The first-order valence-electron chi connectivity index (χ1n) is 4.13. The zero-order valence-electron chi connectivity index (χ0n) is 7.37. The van der Waals surface area contributed by atoms with Crippen LogP contribution in [0, 0.1) is 0 Å². The van der Waals surface area contributed by atoms with E-state index in [1.807, 2.05) is 6.92 Å². The molecule has 0 radical (unpaired) electrons. The molecule has 0 fully saturated rings. The number of anilines is 1. The summed E-state index contributed by atoms with van der Waals surface area (Å²) in [6.07, 6.45) is 0. The van der Waals surface area contributed by atoms with E-state index in [-0.39, 0.29) is 6.79 Å². The zero-order chi connectivity index (χ0) is 9.26. The molecule has 0 spiro atoms. The number of ether oxygens (including phenoxy) is 3. The Kier molecular flexibility index (Phi) is 1.88. The second-order valence-corrected chi connectivity index (χ2v) is 2.65. The predicted octanol–water partition coefficient (Wildman–Crippen LogP) is 1.40. The van der Waals surface area contributed by atoms with Gasteiger partial charge in [0.15, 0.2) is 11.5 Å². The zero-order valence-corrected chi connectivity index (χ0v) is 7.37. The van der Waals surface area contributed by atoms with Gasteiger partial charge in [0.25, 0.3) is 0 Å². The maximum absolute atomic E-state index is 5.72. The van der Waals surface area contributed by atoms with Crippen LogP contribution in [0.5, 0.6) is 17.2 Å². The van der Waals surface area contributed by atoms with Crippen molar-refractivity contribution in [2.24, 2.45) is 0 Å². The van der Waals surface area contributed by atoms with E-state index < -0.39 is 0 Å².